The zero-order chi connectivity index (χ0) is 18.9. The number of nitrogens with one attached hydrogen (secondary N) is 1. The lowest BCUT2D eigenvalue weighted by atomic mass is 10.2. The van der Waals surface area contributed by atoms with E-state index in [0.717, 1.165) is 11.8 Å². The fraction of sp³-hybridized carbons (Fsp3) is 0.312. The molecule has 0 spiro atoms. The Morgan fingerprint density at radius 3 is 2.69 bits per heavy atom. The van der Waals surface area contributed by atoms with Crippen LogP contribution in [0.2, 0.25) is 0 Å². The zero-order valence-corrected chi connectivity index (χ0v) is 15.9. The smallest absolute Gasteiger partial charge is 0.266 e. The van der Waals surface area contributed by atoms with Crippen LogP contribution in [0.1, 0.15) is 12.0 Å². The quantitative estimate of drug-likeness (QED) is 0.591. The predicted molar refractivity (Wildman–Crippen MR) is 101 cm³/mol. The predicted octanol–water partition coefficient (Wildman–Crippen LogP) is 1.33. The number of nitrogens with zero attached hydrogens (tertiary/aromatic N) is 1. The fourth-order valence-electron chi connectivity index (χ4n) is 2.67. The van der Waals surface area contributed by atoms with Crippen molar-refractivity contribution in [1.29, 1.82) is 0 Å². The lowest BCUT2D eigenvalue weighted by Gasteiger charge is -2.16. The Kier molecular flexibility index (Phi) is 5.44. The maximum absolute atomic E-state index is 13.0. The van der Waals surface area contributed by atoms with Crippen LogP contribution in [0, 0.1) is 5.82 Å². The van der Waals surface area contributed by atoms with E-state index in [9.17, 15) is 22.4 Å². The van der Waals surface area contributed by atoms with Crippen LogP contribution in [0.15, 0.2) is 29.2 Å². The van der Waals surface area contributed by atoms with Gasteiger partial charge in [0, 0.05) is 6.04 Å². The molecule has 0 saturated carbocycles. The van der Waals surface area contributed by atoms with E-state index in [1.807, 2.05) is 0 Å². The SMILES string of the molecule is O=C(CN1C(=O)/C(=C/c2ccc(F)cc2)SC1=S)N[C@H]1CCS(=O)(=O)C1. The number of sulfone groups is 1. The van der Waals surface area contributed by atoms with Crippen molar-refractivity contribution < 1.29 is 22.4 Å². The summed E-state index contributed by atoms with van der Waals surface area (Å²) >= 11 is 6.23. The Labute approximate surface area is 159 Å². The van der Waals surface area contributed by atoms with E-state index < -0.39 is 27.7 Å². The lowest BCUT2D eigenvalue weighted by Crippen LogP contribution is -2.43. The van der Waals surface area contributed by atoms with Crippen LogP contribution < -0.4 is 5.32 Å². The number of thiocarbonyl (C=S) groups is 1. The van der Waals surface area contributed by atoms with Gasteiger partial charge in [-0.2, -0.15) is 0 Å². The van der Waals surface area contributed by atoms with Crippen LogP contribution in [0.3, 0.4) is 0 Å². The van der Waals surface area contributed by atoms with Gasteiger partial charge in [-0.3, -0.25) is 14.5 Å². The second-order valence-electron chi connectivity index (χ2n) is 5.99. The van der Waals surface area contributed by atoms with Crippen molar-refractivity contribution in [3.63, 3.8) is 0 Å². The monoisotopic (exact) mass is 414 g/mol. The largest absolute Gasteiger partial charge is 0.351 e. The molecule has 1 aromatic carbocycles. The minimum absolute atomic E-state index is 0.0550. The number of amides is 2. The van der Waals surface area contributed by atoms with Crippen molar-refractivity contribution >= 4 is 56.0 Å². The highest BCUT2D eigenvalue weighted by atomic mass is 32.2. The normalized spacial score (nSPS) is 23.7. The number of halogens is 1. The van der Waals surface area contributed by atoms with Crippen LogP contribution in [-0.2, 0) is 19.4 Å². The number of hydrogen-bond donors (Lipinski definition) is 1. The van der Waals surface area contributed by atoms with E-state index in [0.29, 0.717) is 16.9 Å². The number of thioether (sulfide) groups is 1. The van der Waals surface area contributed by atoms with Crippen LogP contribution in [-0.4, -0.2) is 53.5 Å². The third-order valence-corrected chi connectivity index (χ3v) is 7.09. The first kappa shape index (κ1) is 19.0. The summed E-state index contributed by atoms with van der Waals surface area (Å²) in [5.74, 6) is -1.26. The first-order valence-electron chi connectivity index (χ1n) is 7.74. The van der Waals surface area contributed by atoms with Crippen molar-refractivity contribution in [1.82, 2.24) is 10.2 Å². The van der Waals surface area contributed by atoms with Crippen molar-refractivity contribution in [3.8, 4) is 0 Å². The van der Waals surface area contributed by atoms with E-state index in [1.165, 1.54) is 29.2 Å². The third kappa shape index (κ3) is 4.49. The van der Waals surface area contributed by atoms with Crippen LogP contribution in [0.25, 0.3) is 6.08 Å². The summed E-state index contributed by atoms with van der Waals surface area (Å²) in [5.41, 5.74) is 0.646. The Bertz CT molecular complexity index is 897. The third-order valence-electron chi connectivity index (χ3n) is 3.94. The molecule has 2 amide bonds. The van der Waals surface area contributed by atoms with Gasteiger partial charge in [0.05, 0.1) is 16.4 Å². The maximum atomic E-state index is 13.0. The first-order chi connectivity index (χ1) is 12.2. The van der Waals surface area contributed by atoms with Gasteiger partial charge in [-0.15, -0.1) is 0 Å². The number of hydrogen-bond acceptors (Lipinski definition) is 6. The summed E-state index contributed by atoms with van der Waals surface area (Å²) in [6.07, 6.45) is 1.96. The number of carbonyl (C=O) groups is 2. The molecule has 138 valence electrons. The molecule has 1 atom stereocenters. The topological polar surface area (TPSA) is 83.6 Å². The second-order valence-corrected chi connectivity index (χ2v) is 9.89. The van der Waals surface area contributed by atoms with Crippen molar-refractivity contribution in [2.45, 2.75) is 12.5 Å². The van der Waals surface area contributed by atoms with Gasteiger partial charge < -0.3 is 5.32 Å². The molecule has 2 aliphatic heterocycles. The van der Waals surface area contributed by atoms with Gasteiger partial charge in [-0.1, -0.05) is 36.1 Å². The molecular formula is C16H15FN2O4S3. The number of rotatable bonds is 4. The summed E-state index contributed by atoms with van der Waals surface area (Å²) in [4.78, 5) is 26.1. The van der Waals surface area contributed by atoms with Crippen LogP contribution in [0.5, 0.6) is 0 Å². The molecule has 0 radical (unpaired) electrons. The lowest BCUT2D eigenvalue weighted by molar-refractivity contribution is -0.129. The summed E-state index contributed by atoms with van der Waals surface area (Å²) in [5, 5.41) is 2.63. The molecule has 2 saturated heterocycles. The summed E-state index contributed by atoms with van der Waals surface area (Å²) < 4.78 is 36.1. The van der Waals surface area contributed by atoms with Crippen LogP contribution >= 0.6 is 24.0 Å². The molecule has 0 aromatic heterocycles. The van der Waals surface area contributed by atoms with Gasteiger partial charge >= 0.3 is 0 Å². The summed E-state index contributed by atoms with van der Waals surface area (Å²) in [7, 11) is -3.10. The molecule has 2 heterocycles. The molecule has 3 rings (SSSR count). The highest BCUT2D eigenvalue weighted by Crippen LogP contribution is 2.32. The zero-order valence-electron chi connectivity index (χ0n) is 13.5. The van der Waals surface area contributed by atoms with Gasteiger partial charge in [0.1, 0.15) is 16.7 Å². The van der Waals surface area contributed by atoms with Crippen molar-refractivity contribution in [2.24, 2.45) is 0 Å². The molecule has 1 aromatic rings. The number of carbonyl (C=O) groups excluding carboxylic acids is 2. The van der Waals surface area contributed by atoms with Gasteiger partial charge in [0.2, 0.25) is 5.91 Å². The number of benzene rings is 1. The van der Waals surface area contributed by atoms with Crippen molar-refractivity contribution in [2.75, 3.05) is 18.1 Å². The molecule has 2 fully saturated rings. The first-order valence-corrected chi connectivity index (χ1v) is 10.8. The van der Waals surface area contributed by atoms with E-state index in [-0.39, 0.29) is 28.2 Å². The molecule has 6 nitrogen and oxygen atoms in total. The summed E-state index contributed by atoms with van der Waals surface area (Å²) in [6.45, 7) is -0.262. The molecule has 10 heteroatoms. The molecule has 26 heavy (non-hydrogen) atoms. The Hall–Kier alpha value is -1.78. The molecular weight excluding hydrogens is 399 g/mol. The minimum Gasteiger partial charge on any atom is -0.351 e. The van der Waals surface area contributed by atoms with Gasteiger partial charge in [-0.25, -0.2) is 12.8 Å². The highest BCUT2D eigenvalue weighted by Gasteiger charge is 2.35. The van der Waals surface area contributed by atoms with E-state index in [2.05, 4.69) is 5.32 Å². The second kappa shape index (κ2) is 7.45. The van der Waals surface area contributed by atoms with E-state index >= 15 is 0 Å². The van der Waals surface area contributed by atoms with E-state index in [4.69, 9.17) is 12.2 Å². The molecule has 0 aliphatic carbocycles. The average Bonchev–Trinajstić information content (AvgIpc) is 3.03. The Morgan fingerprint density at radius 1 is 1.38 bits per heavy atom. The van der Waals surface area contributed by atoms with Gasteiger partial charge in [-0.05, 0) is 30.2 Å². The Morgan fingerprint density at radius 2 is 2.08 bits per heavy atom. The fourth-order valence-corrected chi connectivity index (χ4v) is 5.60. The van der Waals surface area contributed by atoms with Crippen LogP contribution in [0.4, 0.5) is 4.39 Å². The molecule has 1 N–H and O–H groups in total. The highest BCUT2D eigenvalue weighted by molar-refractivity contribution is 8.26. The summed E-state index contributed by atoms with van der Waals surface area (Å²) in [6, 6.07) is 5.22. The Balaban J connectivity index is 1.63. The average molecular weight is 415 g/mol. The minimum atomic E-state index is -3.10. The van der Waals surface area contributed by atoms with Crippen molar-refractivity contribution in [3.05, 3.63) is 40.6 Å². The molecule has 2 aliphatic rings. The molecule has 0 unspecified atom stereocenters. The maximum Gasteiger partial charge on any atom is 0.266 e. The van der Waals surface area contributed by atoms with Gasteiger partial charge in [0.15, 0.2) is 9.84 Å². The standard InChI is InChI=1S/C16H15FN2O4S3/c17-11-3-1-10(2-4-11)7-13-15(21)19(16(24)25-13)8-14(20)18-12-5-6-26(22,23)9-12/h1-4,7,12H,5-6,8-9H2,(H,18,20)/b13-7-/t12-/m0/s1. The van der Waals surface area contributed by atoms with Gasteiger partial charge in [0.25, 0.3) is 5.91 Å². The van der Waals surface area contributed by atoms with E-state index in [1.54, 1.807) is 6.08 Å². The molecule has 0 bridgehead atoms.